The Kier molecular flexibility index (Phi) is 6.85. The number of rotatable bonds is 3. The molecule has 1 aromatic heterocycles. The average Bonchev–Trinajstić information content (AvgIpc) is 2.81. The van der Waals surface area contributed by atoms with Gasteiger partial charge in [-0.25, -0.2) is 0 Å². The number of aromatic nitrogens is 1. The Morgan fingerprint density at radius 2 is 1.46 bits per heavy atom. The second kappa shape index (κ2) is 8.18. The van der Waals surface area contributed by atoms with Gasteiger partial charge in [-0.05, 0) is 31.2 Å². The van der Waals surface area contributed by atoms with Crippen LogP contribution in [-0.2, 0) is 12.7 Å². The van der Waals surface area contributed by atoms with Crippen LogP contribution in [0.25, 0.3) is 11.3 Å². The molecule has 2 N–H and O–H groups in total. The fourth-order valence-corrected chi connectivity index (χ4v) is 2.07. The lowest BCUT2D eigenvalue weighted by Crippen LogP contribution is -2.40. The molecule has 0 amide bonds. The zero-order valence-corrected chi connectivity index (χ0v) is 13.7. The molecule has 0 bridgehead atoms. The summed E-state index contributed by atoms with van der Waals surface area (Å²) in [5.41, 5.74) is 5.58. The van der Waals surface area contributed by atoms with E-state index >= 15 is 0 Å². The monoisotopic (exact) mass is 428 g/mol. The Hall–Kier alpha value is -2.61. The van der Waals surface area contributed by atoms with E-state index in [-0.39, 0.29) is 17.8 Å². The van der Waals surface area contributed by atoms with Gasteiger partial charge in [0.25, 0.3) is 11.6 Å². The third-order valence-corrected chi connectivity index (χ3v) is 2.88. The number of hydrogen-bond donors (Lipinski definition) is 1. The van der Waals surface area contributed by atoms with Crippen molar-refractivity contribution in [1.82, 2.24) is 0 Å². The normalized spacial score (nSPS) is 12.4. The van der Waals surface area contributed by atoms with Gasteiger partial charge in [0.1, 0.15) is 12.3 Å². The summed E-state index contributed by atoms with van der Waals surface area (Å²) < 4.78 is 123. The van der Waals surface area contributed by atoms with Gasteiger partial charge in [-0.3, -0.25) is 0 Å². The lowest BCUT2D eigenvalue weighted by atomic mass is 10.1. The molecule has 0 fully saturated rings. The standard InChI is InChI=1S/C13H11F6N2O2.BF4/c1-2-21-9(10(20)22-11(21)12(14,15)16)7-3-5-8(6-4-7)23-13(17,18)19;2-1(3,4)5/h3-6H,2,20H2,1H3;/q+1;-1. The molecule has 0 aliphatic rings. The van der Waals surface area contributed by atoms with Crippen LogP contribution in [-0.4, -0.2) is 13.6 Å². The van der Waals surface area contributed by atoms with Crippen LogP contribution >= 0.6 is 0 Å². The van der Waals surface area contributed by atoms with E-state index in [2.05, 4.69) is 9.15 Å². The summed E-state index contributed by atoms with van der Waals surface area (Å²) >= 11 is 0. The van der Waals surface area contributed by atoms with E-state index in [0.29, 0.717) is 0 Å². The lowest BCUT2D eigenvalue weighted by molar-refractivity contribution is -0.706. The van der Waals surface area contributed by atoms with E-state index < -0.39 is 37.3 Å². The molecule has 2 aromatic rings. The van der Waals surface area contributed by atoms with Crippen molar-refractivity contribution in [3.63, 3.8) is 0 Å². The summed E-state index contributed by atoms with van der Waals surface area (Å²) in [5.74, 6) is -2.27. The predicted octanol–water partition coefficient (Wildman–Crippen LogP) is 5.05. The fourth-order valence-electron chi connectivity index (χ4n) is 2.07. The van der Waals surface area contributed by atoms with E-state index in [0.717, 1.165) is 28.8 Å². The van der Waals surface area contributed by atoms with Crippen molar-refractivity contribution in [3.05, 3.63) is 30.2 Å². The minimum Gasteiger partial charge on any atom is -0.418 e. The summed E-state index contributed by atoms with van der Waals surface area (Å²) in [6, 6.07) is 4.27. The van der Waals surface area contributed by atoms with Crippen molar-refractivity contribution in [3.8, 4) is 17.0 Å². The lowest BCUT2D eigenvalue weighted by Gasteiger charge is -2.08. The van der Waals surface area contributed by atoms with Crippen molar-refractivity contribution in [2.75, 3.05) is 5.73 Å². The Labute approximate surface area is 150 Å². The number of nitrogens with two attached hydrogens (primary N) is 1. The first-order chi connectivity index (χ1) is 12.5. The van der Waals surface area contributed by atoms with Crippen molar-refractivity contribution in [2.45, 2.75) is 26.0 Å². The van der Waals surface area contributed by atoms with Gasteiger partial charge >= 0.3 is 25.7 Å². The van der Waals surface area contributed by atoms with Gasteiger partial charge in [-0.2, -0.15) is 17.7 Å². The third kappa shape index (κ3) is 7.19. The second-order valence-corrected chi connectivity index (χ2v) is 4.93. The number of alkyl halides is 6. The summed E-state index contributed by atoms with van der Waals surface area (Å²) in [6.45, 7) is 1.36. The Morgan fingerprint density at radius 1 is 1.00 bits per heavy atom. The number of hydrogen-bond acceptors (Lipinski definition) is 3. The van der Waals surface area contributed by atoms with Crippen molar-refractivity contribution < 1.29 is 57.3 Å². The Morgan fingerprint density at radius 3 is 1.82 bits per heavy atom. The zero-order valence-electron chi connectivity index (χ0n) is 13.7. The van der Waals surface area contributed by atoms with E-state index in [1.54, 1.807) is 0 Å². The molecular formula is C13H11BF10N2O2. The number of ether oxygens (including phenoxy) is 1. The SMILES string of the molecule is CC[n+]1c(C(F)(F)F)oc(N)c1-c1ccc(OC(F)(F)F)cc1.F[B-](F)(F)F. The summed E-state index contributed by atoms with van der Waals surface area (Å²) in [7, 11) is -6.00. The maximum Gasteiger partial charge on any atom is 0.673 e. The van der Waals surface area contributed by atoms with Crippen LogP contribution < -0.4 is 15.0 Å². The molecule has 0 aliphatic carbocycles. The summed E-state index contributed by atoms with van der Waals surface area (Å²) in [6.07, 6.45) is -9.61. The van der Waals surface area contributed by atoms with Gasteiger partial charge in [-0.1, -0.05) is 0 Å². The molecule has 1 aromatic carbocycles. The highest BCUT2D eigenvalue weighted by molar-refractivity contribution is 6.50. The topological polar surface area (TPSA) is 52.3 Å². The van der Waals surface area contributed by atoms with Crippen LogP contribution in [0.1, 0.15) is 12.8 Å². The molecule has 0 saturated heterocycles. The first-order valence-electron chi connectivity index (χ1n) is 7.15. The minimum atomic E-state index is -6.00. The van der Waals surface area contributed by atoms with Gasteiger partial charge in [-0.15, -0.1) is 13.2 Å². The van der Waals surface area contributed by atoms with Crippen LogP contribution in [0.3, 0.4) is 0 Å². The summed E-state index contributed by atoms with van der Waals surface area (Å²) in [5, 5.41) is 0. The highest BCUT2D eigenvalue weighted by Gasteiger charge is 2.48. The van der Waals surface area contributed by atoms with Crippen LogP contribution in [0.15, 0.2) is 28.7 Å². The second-order valence-electron chi connectivity index (χ2n) is 4.93. The van der Waals surface area contributed by atoms with Gasteiger partial charge in [0.15, 0.2) is 0 Å². The van der Waals surface area contributed by atoms with E-state index in [1.807, 2.05) is 0 Å². The molecule has 158 valence electrons. The molecular weight excluding hydrogens is 417 g/mol. The molecule has 0 unspecified atom stereocenters. The number of benzene rings is 1. The zero-order chi connectivity index (χ0) is 21.9. The van der Waals surface area contributed by atoms with E-state index in [4.69, 9.17) is 5.73 Å². The fraction of sp³-hybridized carbons (Fsp3) is 0.308. The molecule has 4 nitrogen and oxygen atoms in total. The first-order valence-corrected chi connectivity index (χ1v) is 7.15. The Bertz CT molecular complexity index is 775. The van der Waals surface area contributed by atoms with Crippen LogP contribution in [0.5, 0.6) is 5.75 Å². The first kappa shape index (κ1) is 23.4. The molecule has 0 radical (unpaired) electrons. The number of nitrogen functional groups attached to an aromatic ring is 1. The molecule has 0 atom stereocenters. The minimum absolute atomic E-state index is 0.0709. The van der Waals surface area contributed by atoms with Crippen molar-refractivity contribution in [1.29, 1.82) is 0 Å². The van der Waals surface area contributed by atoms with Gasteiger partial charge in [0, 0.05) is 0 Å². The number of anilines is 1. The van der Waals surface area contributed by atoms with E-state index in [1.165, 1.54) is 6.92 Å². The number of halogens is 10. The largest absolute Gasteiger partial charge is 0.673 e. The van der Waals surface area contributed by atoms with Crippen LogP contribution in [0, 0.1) is 0 Å². The maximum absolute atomic E-state index is 12.9. The highest BCUT2D eigenvalue weighted by atomic mass is 19.5. The molecule has 28 heavy (non-hydrogen) atoms. The highest BCUT2D eigenvalue weighted by Crippen LogP contribution is 2.34. The van der Waals surface area contributed by atoms with Gasteiger partial charge in [0.2, 0.25) is 0 Å². The smallest absolute Gasteiger partial charge is 0.418 e. The van der Waals surface area contributed by atoms with E-state index in [9.17, 15) is 43.6 Å². The van der Waals surface area contributed by atoms with Gasteiger partial charge in [0.05, 0.1) is 5.56 Å². The predicted molar refractivity (Wildman–Crippen MR) is 76.3 cm³/mol. The third-order valence-electron chi connectivity index (χ3n) is 2.88. The molecule has 1 heterocycles. The Balaban J connectivity index is 0.000000696. The molecule has 0 saturated carbocycles. The van der Waals surface area contributed by atoms with Crippen LogP contribution in [0.2, 0.25) is 0 Å². The maximum atomic E-state index is 12.9. The molecule has 0 aliphatic heterocycles. The molecule has 0 spiro atoms. The molecule has 2 rings (SSSR count). The average molecular weight is 428 g/mol. The van der Waals surface area contributed by atoms with Gasteiger partial charge < -0.3 is 32.2 Å². The van der Waals surface area contributed by atoms with Crippen LogP contribution in [0.4, 0.5) is 49.5 Å². The summed E-state index contributed by atoms with van der Waals surface area (Å²) in [4.78, 5) is 0. The number of oxazole rings is 1. The van der Waals surface area contributed by atoms with Crippen molar-refractivity contribution in [2.24, 2.45) is 0 Å². The van der Waals surface area contributed by atoms with Crippen molar-refractivity contribution >= 4 is 13.1 Å². The molecule has 15 heteroatoms. The number of nitrogens with zero attached hydrogens (tertiary/aromatic N) is 1. The quantitative estimate of drug-likeness (QED) is 0.423.